The van der Waals surface area contributed by atoms with Crippen molar-refractivity contribution in [2.75, 3.05) is 45.4 Å². The van der Waals surface area contributed by atoms with Gasteiger partial charge >= 0.3 is 0 Å². The SMILES string of the molecule is COc1ccc(OC)c(C=CC(=O)N2CCCN2C(=O)CN2C(=O)COc3ccccc32)c1. The number of hydrogen-bond acceptors (Lipinski definition) is 6. The Morgan fingerprint density at radius 2 is 1.85 bits per heavy atom. The minimum atomic E-state index is -0.335. The lowest BCUT2D eigenvalue weighted by Gasteiger charge is -2.32. The number of anilines is 1. The average Bonchev–Trinajstić information content (AvgIpc) is 3.34. The van der Waals surface area contributed by atoms with Crippen LogP contribution >= 0.6 is 0 Å². The lowest BCUT2D eigenvalue weighted by atomic mass is 10.1. The zero-order chi connectivity index (χ0) is 23.4. The van der Waals surface area contributed by atoms with Gasteiger partial charge in [-0.1, -0.05) is 12.1 Å². The number of fused-ring (bicyclic) bond motifs is 1. The molecule has 3 amide bonds. The molecule has 0 saturated carbocycles. The third kappa shape index (κ3) is 4.62. The van der Waals surface area contributed by atoms with Gasteiger partial charge < -0.3 is 14.2 Å². The third-order valence-electron chi connectivity index (χ3n) is 5.52. The van der Waals surface area contributed by atoms with Gasteiger partial charge in [0.25, 0.3) is 17.7 Å². The quantitative estimate of drug-likeness (QED) is 0.625. The summed E-state index contributed by atoms with van der Waals surface area (Å²) >= 11 is 0. The monoisotopic (exact) mass is 451 g/mol. The van der Waals surface area contributed by atoms with Crippen LogP contribution in [0.3, 0.4) is 0 Å². The van der Waals surface area contributed by atoms with Crippen molar-refractivity contribution in [3.05, 3.63) is 54.1 Å². The first-order chi connectivity index (χ1) is 16.0. The molecule has 0 aromatic heterocycles. The number of nitrogens with zero attached hydrogens (tertiary/aromatic N) is 3. The summed E-state index contributed by atoms with van der Waals surface area (Å²) in [5, 5.41) is 2.81. The molecule has 0 unspecified atom stereocenters. The summed E-state index contributed by atoms with van der Waals surface area (Å²) in [5.41, 5.74) is 1.22. The molecule has 9 nitrogen and oxygen atoms in total. The number of methoxy groups -OCH3 is 2. The standard InChI is InChI=1S/C24H25N3O6/c1-31-18-9-10-20(32-2)17(14-18)8-11-22(28)26-12-5-13-27(26)23(29)15-25-19-6-3-4-7-21(19)33-16-24(25)30/h3-4,6-11,14H,5,12-13,15-16H2,1-2H3. The first-order valence-electron chi connectivity index (χ1n) is 10.6. The molecule has 33 heavy (non-hydrogen) atoms. The van der Waals surface area contributed by atoms with Gasteiger partial charge in [-0.25, -0.2) is 10.0 Å². The van der Waals surface area contributed by atoms with Gasteiger partial charge in [0.1, 0.15) is 23.8 Å². The summed E-state index contributed by atoms with van der Waals surface area (Å²) in [6.45, 7) is 0.521. The molecule has 2 aromatic carbocycles. The molecule has 0 aliphatic carbocycles. The van der Waals surface area contributed by atoms with Crippen LogP contribution in [0, 0.1) is 0 Å². The number of para-hydroxylation sites is 2. The summed E-state index contributed by atoms with van der Waals surface area (Å²) in [5.74, 6) is 0.811. The van der Waals surface area contributed by atoms with Crippen molar-refractivity contribution < 1.29 is 28.6 Å². The first-order valence-corrected chi connectivity index (χ1v) is 10.6. The van der Waals surface area contributed by atoms with E-state index in [1.165, 1.54) is 21.0 Å². The number of carbonyl (C=O) groups excluding carboxylic acids is 3. The van der Waals surface area contributed by atoms with Crippen molar-refractivity contribution in [1.29, 1.82) is 0 Å². The molecule has 4 rings (SSSR count). The normalized spacial score (nSPS) is 15.5. The third-order valence-corrected chi connectivity index (χ3v) is 5.52. The first kappa shape index (κ1) is 22.2. The maximum Gasteiger partial charge on any atom is 0.265 e. The molecule has 0 radical (unpaired) electrons. The number of carbonyl (C=O) groups is 3. The number of amides is 3. The van der Waals surface area contributed by atoms with Gasteiger partial charge in [0.2, 0.25) is 0 Å². The van der Waals surface area contributed by atoms with Gasteiger partial charge in [0, 0.05) is 24.7 Å². The second-order valence-electron chi connectivity index (χ2n) is 7.51. The molecule has 1 saturated heterocycles. The molecule has 2 aliphatic heterocycles. The molecular weight excluding hydrogens is 426 g/mol. The van der Waals surface area contributed by atoms with Crippen LogP contribution in [0.4, 0.5) is 5.69 Å². The summed E-state index contributed by atoms with van der Waals surface area (Å²) in [7, 11) is 3.11. The Bertz CT molecular complexity index is 1100. The molecule has 2 aromatic rings. The van der Waals surface area contributed by atoms with E-state index in [1.54, 1.807) is 62.8 Å². The molecule has 0 spiro atoms. The van der Waals surface area contributed by atoms with Crippen molar-refractivity contribution in [2.24, 2.45) is 0 Å². The summed E-state index contributed by atoms with van der Waals surface area (Å²) in [6, 6.07) is 12.4. The maximum absolute atomic E-state index is 13.1. The Morgan fingerprint density at radius 3 is 2.64 bits per heavy atom. The highest BCUT2D eigenvalue weighted by Crippen LogP contribution is 2.31. The van der Waals surface area contributed by atoms with Gasteiger partial charge in [-0.3, -0.25) is 19.3 Å². The van der Waals surface area contributed by atoms with Crippen LogP contribution in [-0.2, 0) is 14.4 Å². The van der Waals surface area contributed by atoms with E-state index in [0.717, 1.165) is 0 Å². The van der Waals surface area contributed by atoms with E-state index in [4.69, 9.17) is 14.2 Å². The Morgan fingerprint density at radius 1 is 1.06 bits per heavy atom. The minimum Gasteiger partial charge on any atom is -0.497 e. The van der Waals surface area contributed by atoms with E-state index in [2.05, 4.69) is 0 Å². The van der Waals surface area contributed by atoms with Crippen LogP contribution in [0.2, 0.25) is 0 Å². The van der Waals surface area contributed by atoms with Crippen molar-refractivity contribution in [3.8, 4) is 17.2 Å². The Hall–Kier alpha value is -4.01. The van der Waals surface area contributed by atoms with E-state index in [-0.39, 0.29) is 30.9 Å². The topological polar surface area (TPSA) is 88.6 Å². The fourth-order valence-corrected chi connectivity index (χ4v) is 3.86. The van der Waals surface area contributed by atoms with E-state index in [9.17, 15) is 14.4 Å². The van der Waals surface area contributed by atoms with Crippen molar-refractivity contribution in [1.82, 2.24) is 10.0 Å². The lowest BCUT2D eigenvalue weighted by molar-refractivity contribution is -0.154. The molecule has 172 valence electrons. The second kappa shape index (κ2) is 9.64. The summed E-state index contributed by atoms with van der Waals surface area (Å²) in [6.07, 6.45) is 3.69. The Kier molecular flexibility index (Phi) is 6.48. The van der Waals surface area contributed by atoms with Crippen LogP contribution in [-0.4, -0.2) is 68.2 Å². The summed E-state index contributed by atoms with van der Waals surface area (Å²) in [4.78, 5) is 39.8. The molecule has 2 aliphatic rings. The molecule has 0 atom stereocenters. The highest BCUT2D eigenvalue weighted by atomic mass is 16.5. The van der Waals surface area contributed by atoms with E-state index < -0.39 is 0 Å². The molecule has 9 heteroatoms. The Labute approximate surface area is 191 Å². The van der Waals surface area contributed by atoms with Crippen LogP contribution in [0.25, 0.3) is 6.08 Å². The van der Waals surface area contributed by atoms with Gasteiger partial charge in [-0.2, -0.15) is 0 Å². The highest BCUT2D eigenvalue weighted by molar-refractivity contribution is 6.02. The van der Waals surface area contributed by atoms with Crippen molar-refractivity contribution in [3.63, 3.8) is 0 Å². The van der Waals surface area contributed by atoms with E-state index >= 15 is 0 Å². The average molecular weight is 451 g/mol. The number of benzene rings is 2. The van der Waals surface area contributed by atoms with Crippen LogP contribution in [0.1, 0.15) is 12.0 Å². The highest BCUT2D eigenvalue weighted by Gasteiger charge is 2.33. The molecule has 0 N–H and O–H groups in total. The van der Waals surface area contributed by atoms with E-state index in [0.29, 0.717) is 48.0 Å². The predicted molar refractivity (Wildman–Crippen MR) is 121 cm³/mol. The smallest absolute Gasteiger partial charge is 0.265 e. The van der Waals surface area contributed by atoms with Crippen LogP contribution < -0.4 is 19.1 Å². The van der Waals surface area contributed by atoms with E-state index in [1.807, 2.05) is 0 Å². The zero-order valence-corrected chi connectivity index (χ0v) is 18.5. The minimum absolute atomic E-state index is 0.127. The van der Waals surface area contributed by atoms with Crippen molar-refractivity contribution in [2.45, 2.75) is 6.42 Å². The number of hydrogen-bond donors (Lipinski definition) is 0. The number of rotatable bonds is 6. The van der Waals surface area contributed by atoms with Gasteiger partial charge in [0.05, 0.1) is 19.9 Å². The molecular formula is C24H25N3O6. The number of hydrazine groups is 1. The lowest BCUT2D eigenvalue weighted by Crippen LogP contribution is -2.50. The van der Waals surface area contributed by atoms with Crippen molar-refractivity contribution >= 4 is 29.5 Å². The number of ether oxygens (including phenoxy) is 3. The van der Waals surface area contributed by atoms with Gasteiger partial charge in [-0.05, 0) is 42.8 Å². The second-order valence-corrected chi connectivity index (χ2v) is 7.51. The molecule has 0 bridgehead atoms. The Balaban J connectivity index is 1.48. The maximum atomic E-state index is 13.1. The predicted octanol–water partition coefficient (Wildman–Crippen LogP) is 2.12. The van der Waals surface area contributed by atoms with Gasteiger partial charge in [-0.15, -0.1) is 0 Å². The zero-order valence-electron chi connectivity index (χ0n) is 18.5. The largest absolute Gasteiger partial charge is 0.497 e. The van der Waals surface area contributed by atoms with Crippen LogP contribution in [0.15, 0.2) is 48.5 Å². The van der Waals surface area contributed by atoms with Gasteiger partial charge in [0.15, 0.2) is 6.61 Å². The fraction of sp³-hybridized carbons (Fsp3) is 0.292. The molecule has 2 heterocycles. The molecule has 1 fully saturated rings. The summed E-state index contributed by atoms with van der Waals surface area (Å²) < 4.78 is 16.0. The fourth-order valence-electron chi connectivity index (χ4n) is 3.86. The van der Waals surface area contributed by atoms with Crippen LogP contribution in [0.5, 0.6) is 17.2 Å².